The van der Waals surface area contributed by atoms with Crippen molar-refractivity contribution in [2.45, 2.75) is 49.9 Å². The molecule has 3 fully saturated rings. The van der Waals surface area contributed by atoms with Crippen molar-refractivity contribution in [3.63, 3.8) is 0 Å². The van der Waals surface area contributed by atoms with Gasteiger partial charge >= 0.3 is 0 Å². The van der Waals surface area contributed by atoms with Crippen molar-refractivity contribution >= 4 is 35.0 Å². The van der Waals surface area contributed by atoms with Gasteiger partial charge in [0.15, 0.2) is 0 Å². The van der Waals surface area contributed by atoms with E-state index in [9.17, 15) is 19.5 Å². The maximum Gasteiger partial charge on any atom is 0.253 e. The Balaban J connectivity index is 1.83. The Labute approximate surface area is 223 Å². The fourth-order valence-electron chi connectivity index (χ4n) is 6.63. The first kappa shape index (κ1) is 27.4. The number of benzene rings is 1. The van der Waals surface area contributed by atoms with Gasteiger partial charge in [-0.2, -0.15) is 0 Å². The number of halogens is 1. The monoisotopic (exact) mass is 529 g/mol. The van der Waals surface area contributed by atoms with E-state index in [1.54, 1.807) is 48.4 Å². The van der Waals surface area contributed by atoms with E-state index in [1.807, 2.05) is 6.92 Å². The zero-order valence-electron chi connectivity index (χ0n) is 21.6. The molecule has 3 heterocycles. The molecule has 1 N–H and O–H groups in total. The van der Waals surface area contributed by atoms with E-state index < -0.39 is 29.1 Å². The van der Waals surface area contributed by atoms with Crippen LogP contribution in [0.3, 0.4) is 0 Å². The third kappa shape index (κ3) is 4.19. The Hall–Kier alpha value is -2.68. The predicted octanol–water partition coefficient (Wildman–Crippen LogP) is 3.04. The number of fused-ring (bicyclic) bond motifs is 1. The van der Waals surface area contributed by atoms with Gasteiger partial charge < -0.3 is 24.5 Å². The molecule has 0 aliphatic carbocycles. The maximum absolute atomic E-state index is 14.4. The van der Waals surface area contributed by atoms with Crippen molar-refractivity contribution in [1.82, 2.24) is 9.80 Å². The largest absolute Gasteiger partial charge is 0.396 e. The van der Waals surface area contributed by atoms with Crippen molar-refractivity contribution in [3.05, 3.63) is 54.6 Å². The Morgan fingerprint density at radius 3 is 2.54 bits per heavy atom. The van der Waals surface area contributed by atoms with Gasteiger partial charge in [0.1, 0.15) is 11.6 Å². The topological polar surface area (TPSA) is 90.4 Å². The zero-order chi connectivity index (χ0) is 27.0. The fourth-order valence-corrected chi connectivity index (χ4v) is 6.87. The molecule has 2 unspecified atom stereocenters. The van der Waals surface area contributed by atoms with Crippen LogP contribution in [-0.2, 0) is 19.1 Å². The van der Waals surface area contributed by atoms with Gasteiger partial charge in [-0.1, -0.05) is 42.8 Å². The number of aliphatic hydroxyl groups is 1. The molecule has 0 radical (unpaired) electrons. The summed E-state index contributed by atoms with van der Waals surface area (Å²) in [6.45, 7) is 10.1. The summed E-state index contributed by atoms with van der Waals surface area (Å²) in [6, 6.07) is 6.09. The number of carbonyl (C=O) groups is 3. The number of ether oxygens (including phenoxy) is 1. The molecule has 1 aromatic rings. The highest BCUT2D eigenvalue weighted by Gasteiger charge is 2.78. The molecule has 8 nitrogen and oxygen atoms in total. The van der Waals surface area contributed by atoms with Gasteiger partial charge in [-0.25, -0.2) is 0 Å². The Kier molecular flexibility index (Phi) is 7.83. The van der Waals surface area contributed by atoms with Crippen LogP contribution in [0.1, 0.15) is 32.6 Å². The third-order valence-electron chi connectivity index (χ3n) is 8.24. The number of carbonyl (C=O) groups excluding carboxylic acids is 3. The second-order valence-corrected chi connectivity index (χ2v) is 10.5. The summed E-state index contributed by atoms with van der Waals surface area (Å²) in [6.07, 6.45) is 5.18. The highest BCUT2D eigenvalue weighted by atomic mass is 35.5. The first-order valence-electron chi connectivity index (χ1n) is 12.9. The fraction of sp³-hybridized carbons (Fsp3) is 0.536. The van der Waals surface area contributed by atoms with Crippen LogP contribution in [-0.4, -0.2) is 83.2 Å². The lowest BCUT2D eigenvalue weighted by molar-refractivity contribution is -0.150. The molecule has 3 saturated heterocycles. The standard InChI is InChI=1S/C28H36ClN3O5/c1-5-15-30(4)24(34)21-22-25(35)32(17-10-18-33)23(28(22)14-13-27(21,7-3)37-28)26(36)31(16-6-2)20-12-9-8-11-19(20)29/h5-6,8-9,11-12,21-23,33H,1-2,7,10,13-18H2,3-4H3/t21-,22+,23?,27+,28?/m1/s1. The molecule has 9 heteroatoms. The van der Waals surface area contributed by atoms with Crippen LogP contribution in [0.5, 0.6) is 0 Å². The molecule has 4 rings (SSSR count). The number of hydrogen-bond acceptors (Lipinski definition) is 5. The first-order chi connectivity index (χ1) is 17.7. The van der Waals surface area contributed by atoms with Crippen LogP contribution in [0.15, 0.2) is 49.6 Å². The summed E-state index contributed by atoms with van der Waals surface area (Å²) >= 11 is 6.48. The van der Waals surface area contributed by atoms with Crippen molar-refractivity contribution in [2.24, 2.45) is 11.8 Å². The molecule has 3 amide bonds. The van der Waals surface area contributed by atoms with Crippen molar-refractivity contribution in [2.75, 3.05) is 38.2 Å². The molecule has 0 saturated carbocycles. The summed E-state index contributed by atoms with van der Waals surface area (Å²) in [5.74, 6) is -2.27. The summed E-state index contributed by atoms with van der Waals surface area (Å²) < 4.78 is 6.79. The number of hydrogen-bond donors (Lipinski definition) is 1. The predicted molar refractivity (Wildman–Crippen MR) is 142 cm³/mol. The van der Waals surface area contributed by atoms with Crippen LogP contribution in [0.25, 0.3) is 0 Å². The van der Waals surface area contributed by atoms with Crippen molar-refractivity contribution in [3.8, 4) is 0 Å². The summed E-state index contributed by atoms with van der Waals surface area (Å²) in [4.78, 5) is 46.9. The number of amides is 3. The van der Waals surface area contributed by atoms with E-state index in [0.717, 1.165) is 0 Å². The molecule has 1 spiro atoms. The van der Waals surface area contributed by atoms with E-state index in [2.05, 4.69) is 13.2 Å². The van der Waals surface area contributed by atoms with Gasteiger partial charge in [-0.15, -0.1) is 13.2 Å². The van der Waals surface area contributed by atoms with Gasteiger partial charge in [-0.3, -0.25) is 14.4 Å². The third-order valence-corrected chi connectivity index (χ3v) is 8.56. The minimum absolute atomic E-state index is 0.132. The number of aliphatic hydroxyl groups excluding tert-OH is 1. The van der Waals surface area contributed by atoms with Gasteiger partial charge in [-0.05, 0) is 37.8 Å². The molecule has 200 valence electrons. The highest BCUT2D eigenvalue weighted by molar-refractivity contribution is 6.34. The number of para-hydroxylation sites is 1. The van der Waals surface area contributed by atoms with Crippen molar-refractivity contribution < 1.29 is 24.2 Å². The summed E-state index contributed by atoms with van der Waals surface area (Å²) in [7, 11) is 1.70. The molecule has 3 aliphatic rings. The molecule has 37 heavy (non-hydrogen) atoms. The van der Waals surface area contributed by atoms with Gasteiger partial charge in [0, 0.05) is 33.3 Å². The minimum Gasteiger partial charge on any atom is -0.396 e. The van der Waals surface area contributed by atoms with Crippen LogP contribution in [0.4, 0.5) is 5.69 Å². The summed E-state index contributed by atoms with van der Waals surface area (Å²) in [5.41, 5.74) is -1.45. The molecule has 1 aromatic carbocycles. The van der Waals surface area contributed by atoms with Gasteiger partial charge in [0.05, 0.1) is 28.1 Å². The van der Waals surface area contributed by atoms with E-state index in [0.29, 0.717) is 42.9 Å². The maximum atomic E-state index is 14.4. The lowest BCUT2D eigenvalue weighted by atomic mass is 9.64. The summed E-state index contributed by atoms with van der Waals surface area (Å²) in [5, 5.41) is 9.97. The second kappa shape index (κ2) is 10.6. The van der Waals surface area contributed by atoms with E-state index in [4.69, 9.17) is 16.3 Å². The number of likely N-dealkylation sites (tertiary alicyclic amines) is 1. The van der Waals surface area contributed by atoms with Crippen LogP contribution >= 0.6 is 11.6 Å². The normalized spacial score (nSPS) is 29.8. The molecule has 3 aliphatic heterocycles. The quantitative estimate of drug-likeness (QED) is 0.445. The van der Waals surface area contributed by atoms with E-state index in [-0.39, 0.29) is 37.4 Å². The van der Waals surface area contributed by atoms with Crippen LogP contribution in [0.2, 0.25) is 5.02 Å². The van der Waals surface area contributed by atoms with Crippen LogP contribution < -0.4 is 4.90 Å². The lowest BCUT2D eigenvalue weighted by Gasteiger charge is -2.37. The van der Waals surface area contributed by atoms with Crippen LogP contribution in [0, 0.1) is 11.8 Å². The zero-order valence-corrected chi connectivity index (χ0v) is 22.3. The number of nitrogens with zero attached hydrogens (tertiary/aromatic N) is 3. The number of rotatable bonds is 11. The average Bonchev–Trinajstić information content (AvgIpc) is 3.49. The SMILES string of the molecule is C=CCN(C)C(=O)[C@H]1[C@H]2C(=O)N(CCCO)C(C(=O)N(CC=C)c3ccccc3Cl)C23CC[C@]1(CC)O3. The second-order valence-electron chi connectivity index (χ2n) is 10.1. The first-order valence-corrected chi connectivity index (χ1v) is 13.2. The lowest BCUT2D eigenvalue weighted by Crippen LogP contribution is -2.56. The van der Waals surface area contributed by atoms with Crippen molar-refractivity contribution in [1.29, 1.82) is 0 Å². The van der Waals surface area contributed by atoms with Gasteiger partial charge in [0.25, 0.3) is 5.91 Å². The molecule has 0 aromatic heterocycles. The van der Waals surface area contributed by atoms with Gasteiger partial charge in [0.2, 0.25) is 11.8 Å². The van der Waals surface area contributed by atoms with E-state index >= 15 is 0 Å². The highest BCUT2D eigenvalue weighted by Crippen LogP contribution is 2.64. The molecule has 5 atom stereocenters. The molecular weight excluding hydrogens is 494 g/mol. The smallest absolute Gasteiger partial charge is 0.253 e. The average molecular weight is 530 g/mol. The molecule has 2 bridgehead atoms. The Bertz CT molecular complexity index is 1100. The molecular formula is C28H36ClN3O5. The Morgan fingerprint density at radius 2 is 1.92 bits per heavy atom. The number of anilines is 1. The number of likely N-dealkylation sites (N-methyl/N-ethyl adjacent to an activating group) is 1. The van der Waals surface area contributed by atoms with E-state index in [1.165, 1.54) is 9.80 Å². The Morgan fingerprint density at radius 1 is 1.22 bits per heavy atom. The minimum atomic E-state index is -1.14.